The molecular formula is C27H30N2O. The van der Waals surface area contributed by atoms with Crippen molar-refractivity contribution in [2.75, 3.05) is 6.54 Å². The summed E-state index contributed by atoms with van der Waals surface area (Å²) in [4.78, 5) is 15.2. The van der Waals surface area contributed by atoms with Crippen molar-refractivity contribution in [1.82, 2.24) is 10.2 Å². The summed E-state index contributed by atoms with van der Waals surface area (Å²) in [6.45, 7) is 9.20. The van der Waals surface area contributed by atoms with Crippen LogP contribution in [0.5, 0.6) is 0 Å². The monoisotopic (exact) mass is 398 g/mol. The van der Waals surface area contributed by atoms with Crippen molar-refractivity contribution < 1.29 is 4.79 Å². The van der Waals surface area contributed by atoms with Gasteiger partial charge in [-0.25, -0.2) is 0 Å². The van der Waals surface area contributed by atoms with Gasteiger partial charge in [0.1, 0.15) is 0 Å². The minimum Gasteiger partial charge on any atom is -0.346 e. The van der Waals surface area contributed by atoms with Crippen molar-refractivity contribution in [3.63, 3.8) is 0 Å². The molecule has 1 aliphatic heterocycles. The van der Waals surface area contributed by atoms with Crippen molar-refractivity contribution in [2.45, 2.75) is 46.3 Å². The topological polar surface area (TPSA) is 32.3 Å². The zero-order valence-electron chi connectivity index (χ0n) is 18.1. The van der Waals surface area contributed by atoms with Gasteiger partial charge in [-0.3, -0.25) is 9.69 Å². The fraction of sp³-hybridized carbons (Fsp3) is 0.296. The quantitative estimate of drug-likeness (QED) is 0.628. The van der Waals surface area contributed by atoms with Gasteiger partial charge in [-0.15, -0.1) is 0 Å². The van der Waals surface area contributed by atoms with Crippen molar-refractivity contribution >= 4 is 5.91 Å². The fourth-order valence-corrected chi connectivity index (χ4v) is 4.38. The first-order chi connectivity index (χ1) is 14.5. The molecule has 3 aromatic rings. The molecule has 0 aromatic heterocycles. The molecule has 0 spiro atoms. The molecule has 154 valence electrons. The van der Waals surface area contributed by atoms with Crippen LogP contribution < -0.4 is 5.32 Å². The Balaban J connectivity index is 1.37. The average Bonchev–Trinajstić information content (AvgIpc) is 2.74. The Morgan fingerprint density at radius 3 is 2.47 bits per heavy atom. The molecule has 1 unspecified atom stereocenters. The normalized spacial score (nSPS) is 14.8. The van der Waals surface area contributed by atoms with Crippen LogP contribution >= 0.6 is 0 Å². The van der Waals surface area contributed by atoms with Crippen LogP contribution in [-0.4, -0.2) is 17.4 Å². The lowest BCUT2D eigenvalue weighted by atomic mass is 9.99. The van der Waals surface area contributed by atoms with E-state index >= 15 is 0 Å². The Bertz CT molecular complexity index is 1040. The maximum Gasteiger partial charge on any atom is 0.251 e. The predicted octanol–water partition coefficient (Wildman–Crippen LogP) is 5.35. The number of rotatable bonds is 5. The molecule has 3 heteroatoms. The zero-order valence-corrected chi connectivity index (χ0v) is 18.1. The number of hydrogen-bond donors (Lipinski definition) is 1. The van der Waals surface area contributed by atoms with Crippen LogP contribution in [0, 0.1) is 13.8 Å². The number of carbonyl (C=O) groups is 1. The number of carbonyl (C=O) groups excluding carboxylic acids is 1. The number of fused-ring (bicyclic) bond motifs is 1. The molecule has 4 rings (SSSR count). The van der Waals surface area contributed by atoms with E-state index in [2.05, 4.69) is 78.7 Å². The second-order valence-corrected chi connectivity index (χ2v) is 8.48. The molecule has 1 atom stereocenters. The number of amides is 1. The molecule has 1 aliphatic rings. The van der Waals surface area contributed by atoms with Gasteiger partial charge in [-0.2, -0.15) is 0 Å². The molecule has 3 aromatic carbocycles. The third kappa shape index (κ3) is 4.63. The molecule has 0 saturated heterocycles. The molecular weight excluding hydrogens is 368 g/mol. The van der Waals surface area contributed by atoms with E-state index in [9.17, 15) is 4.79 Å². The van der Waals surface area contributed by atoms with Crippen molar-refractivity contribution in [2.24, 2.45) is 0 Å². The largest absolute Gasteiger partial charge is 0.346 e. The minimum absolute atomic E-state index is 0.0220. The molecule has 1 N–H and O–H groups in total. The van der Waals surface area contributed by atoms with Crippen molar-refractivity contribution in [3.8, 4) is 0 Å². The Labute approximate surface area is 179 Å². The predicted molar refractivity (Wildman–Crippen MR) is 122 cm³/mol. The van der Waals surface area contributed by atoms with Gasteiger partial charge >= 0.3 is 0 Å². The lowest BCUT2D eigenvalue weighted by molar-refractivity contribution is 0.0940. The Kier molecular flexibility index (Phi) is 6.01. The summed E-state index contributed by atoms with van der Waals surface area (Å²) < 4.78 is 0. The molecule has 0 aliphatic carbocycles. The van der Waals surface area contributed by atoms with Gasteiger partial charge in [-0.1, -0.05) is 60.2 Å². The number of aryl methyl sites for hydroxylation is 2. The third-order valence-corrected chi connectivity index (χ3v) is 6.07. The lowest BCUT2D eigenvalue weighted by Gasteiger charge is -2.28. The highest BCUT2D eigenvalue weighted by Crippen LogP contribution is 2.21. The Morgan fingerprint density at radius 1 is 1.00 bits per heavy atom. The average molecular weight is 399 g/mol. The van der Waals surface area contributed by atoms with E-state index < -0.39 is 0 Å². The van der Waals surface area contributed by atoms with Crippen LogP contribution in [-0.2, 0) is 19.5 Å². The van der Waals surface area contributed by atoms with Crippen LogP contribution in [0.4, 0.5) is 0 Å². The third-order valence-electron chi connectivity index (χ3n) is 6.07. The highest BCUT2D eigenvalue weighted by Gasteiger charge is 2.17. The second kappa shape index (κ2) is 8.85. The number of benzene rings is 3. The van der Waals surface area contributed by atoms with E-state index in [1.165, 1.54) is 27.8 Å². The summed E-state index contributed by atoms with van der Waals surface area (Å²) in [5, 5.41) is 3.14. The van der Waals surface area contributed by atoms with Gasteiger partial charge in [0.2, 0.25) is 0 Å². The summed E-state index contributed by atoms with van der Waals surface area (Å²) in [7, 11) is 0. The molecule has 0 radical (unpaired) electrons. The van der Waals surface area contributed by atoms with E-state index in [-0.39, 0.29) is 11.9 Å². The highest BCUT2D eigenvalue weighted by molar-refractivity contribution is 5.94. The molecule has 0 saturated carbocycles. The summed E-state index contributed by atoms with van der Waals surface area (Å²) in [5.74, 6) is -0.0269. The van der Waals surface area contributed by atoms with Gasteiger partial charge < -0.3 is 5.32 Å². The summed E-state index contributed by atoms with van der Waals surface area (Å²) >= 11 is 0. The first-order valence-corrected chi connectivity index (χ1v) is 10.8. The first kappa shape index (κ1) is 20.4. The first-order valence-electron chi connectivity index (χ1n) is 10.8. The maximum absolute atomic E-state index is 12.7. The van der Waals surface area contributed by atoms with E-state index in [4.69, 9.17) is 0 Å². The maximum atomic E-state index is 12.7. The van der Waals surface area contributed by atoms with Crippen LogP contribution in [0.1, 0.15) is 56.7 Å². The van der Waals surface area contributed by atoms with Gasteiger partial charge in [0.25, 0.3) is 5.91 Å². The lowest BCUT2D eigenvalue weighted by Crippen LogP contribution is -2.30. The fourth-order valence-electron chi connectivity index (χ4n) is 4.38. The molecule has 1 heterocycles. The Morgan fingerprint density at radius 2 is 1.73 bits per heavy atom. The SMILES string of the molecule is Cc1ccc(C(C)NC(=O)c2ccc(CN3CCc4ccccc4C3)cc2)c(C)c1. The number of nitrogens with zero attached hydrogens (tertiary/aromatic N) is 1. The van der Waals surface area contributed by atoms with Gasteiger partial charge in [0.15, 0.2) is 0 Å². The van der Waals surface area contributed by atoms with Gasteiger partial charge in [-0.05, 0) is 67.1 Å². The smallest absolute Gasteiger partial charge is 0.251 e. The van der Waals surface area contributed by atoms with E-state index in [1.54, 1.807) is 0 Å². The number of hydrogen-bond acceptors (Lipinski definition) is 2. The standard InChI is InChI=1S/C27H30N2O/c1-19-8-13-26(20(2)16-19)21(3)28-27(30)24-11-9-22(10-12-24)17-29-15-14-23-6-4-5-7-25(23)18-29/h4-13,16,21H,14-15,17-18H2,1-3H3,(H,28,30). The molecule has 0 fully saturated rings. The van der Waals surface area contributed by atoms with E-state index in [0.29, 0.717) is 5.56 Å². The molecule has 30 heavy (non-hydrogen) atoms. The van der Waals surface area contributed by atoms with Crippen LogP contribution in [0.2, 0.25) is 0 Å². The summed E-state index contributed by atoms with van der Waals surface area (Å²) in [6.07, 6.45) is 1.10. The van der Waals surface area contributed by atoms with Crippen molar-refractivity contribution in [1.29, 1.82) is 0 Å². The minimum atomic E-state index is -0.0269. The van der Waals surface area contributed by atoms with Gasteiger partial charge in [0, 0.05) is 25.2 Å². The summed E-state index contributed by atoms with van der Waals surface area (Å²) in [5.41, 5.74) is 8.46. The van der Waals surface area contributed by atoms with E-state index in [0.717, 1.165) is 31.6 Å². The molecule has 3 nitrogen and oxygen atoms in total. The van der Waals surface area contributed by atoms with Crippen molar-refractivity contribution in [3.05, 3.63) is 106 Å². The van der Waals surface area contributed by atoms with Crippen LogP contribution in [0.3, 0.4) is 0 Å². The van der Waals surface area contributed by atoms with E-state index in [1.807, 2.05) is 19.1 Å². The Hall–Kier alpha value is -2.91. The second-order valence-electron chi connectivity index (χ2n) is 8.48. The molecule has 1 amide bonds. The highest BCUT2D eigenvalue weighted by atomic mass is 16.1. The number of nitrogens with one attached hydrogen (secondary N) is 1. The zero-order chi connectivity index (χ0) is 21.1. The van der Waals surface area contributed by atoms with Crippen LogP contribution in [0.25, 0.3) is 0 Å². The van der Waals surface area contributed by atoms with Gasteiger partial charge in [0.05, 0.1) is 6.04 Å². The molecule has 0 bridgehead atoms. The summed E-state index contributed by atoms with van der Waals surface area (Å²) in [6, 6.07) is 23.1. The van der Waals surface area contributed by atoms with Crippen LogP contribution in [0.15, 0.2) is 66.7 Å².